The number of aliphatic carboxylic acids is 1. The molecule has 4 rings (SSSR count). The van der Waals surface area contributed by atoms with E-state index in [2.05, 4.69) is 6.92 Å². The molecule has 0 saturated carbocycles. The Kier molecular flexibility index (Phi) is 8.76. The van der Waals surface area contributed by atoms with Crippen molar-refractivity contribution >= 4 is 35.8 Å². The Morgan fingerprint density at radius 2 is 1.54 bits per heavy atom. The minimum absolute atomic E-state index is 0.306. The number of carboxylic acid groups (broad SMARTS) is 1. The molecule has 0 spiro atoms. The van der Waals surface area contributed by atoms with E-state index in [0.29, 0.717) is 28.0 Å². The minimum atomic E-state index is -3.97. The van der Waals surface area contributed by atoms with Crippen molar-refractivity contribution in [2.75, 3.05) is 0 Å². The van der Waals surface area contributed by atoms with Crippen molar-refractivity contribution in [1.29, 1.82) is 0 Å². The summed E-state index contributed by atoms with van der Waals surface area (Å²) in [6, 6.07) is 25.1. The molecular formula is C30H30NO5P. The van der Waals surface area contributed by atoms with Crippen molar-refractivity contribution in [1.82, 2.24) is 4.98 Å². The van der Waals surface area contributed by atoms with Crippen LogP contribution in [-0.4, -0.2) is 16.1 Å². The van der Waals surface area contributed by atoms with Gasteiger partial charge in [0.2, 0.25) is 0 Å². The van der Waals surface area contributed by atoms with Crippen LogP contribution in [0.3, 0.4) is 0 Å². The average molecular weight is 516 g/mol. The number of nitrogens with zero attached hydrogens (tertiary/aromatic N) is 1. The molecule has 0 amide bonds. The third kappa shape index (κ3) is 6.87. The van der Waals surface area contributed by atoms with Crippen LogP contribution in [0, 0.1) is 0 Å². The van der Waals surface area contributed by atoms with Crippen LogP contribution in [0.4, 0.5) is 0 Å². The summed E-state index contributed by atoms with van der Waals surface area (Å²) in [5, 5.41) is 10.3. The van der Waals surface area contributed by atoms with Gasteiger partial charge in [-0.15, -0.1) is 0 Å². The monoisotopic (exact) mass is 515 g/mol. The molecule has 37 heavy (non-hydrogen) atoms. The predicted octanol–water partition coefficient (Wildman–Crippen LogP) is 7.43. The zero-order chi connectivity index (χ0) is 26.1. The maximum Gasteiger partial charge on any atom is 0.465 e. The van der Waals surface area contributed by atoms with Gasteiger partial charge in [-0.3, -0.25) is 0 Å². The number of aryl methyl sites for hydroxylation is 1. The van der Waals surface area contributed by atoms with E-state index in [1.807, 2.05) is 30.3 Å². The smallest absolute Gasteiger partial charge is 0.465 e. The molecule has 0 bridgehead atoms. The molecule has 0 aliphatic heterocycles. The summed E-state index contributed by atoms with van der Waals surface area (Å²) in [5.74, 6) is -0.257. The lowest BCUT2D eigenvalue weighted by molar-refractivity contribution is -0.131. The van der Waals surface area contributed by atoms with E-state index in [0.717, 1.165) is 49.1 Å². The van der Waals surface area contributed by atoms with Crippen molar-refractivity contribution in [3.8, 4) is 11.5 Å². The Morgan fingerprint density at radius 1 is 0.892 bits per heavy atom. The van der Waals surface area contributed by atoms with Gasteiger partial charge in [-0.1, -0.05) is 74.7 Å². The van der Waals surface area contributed by atoms with Crippen molar-refractivity contribution in [3.63, 3.8) is 0 Å². The molecule has 0 atom stereocenters. The van der Waals surface area contributed by atoms with Gasteiger partial charge in [0.1, 0.15) is 16.8 Å². The van der Waals surface area contributed by atoms with Crippen molar-refractivity contribution in [2.45, 2.75) is 39.0 Å². The highest BCUT2D eigenvalue weighted by atomic mass is 31.2. The third-order valence-electron chi connectivity index (χ3n) is 5.85. The number of benzene rings is 3. The maximum absolute atomic E-state index is 14.5. The molecule has 0 fully saturated rings. The maximum atomic E-state index is 14.5. The van der Waals surface area contributed by atoms with Crippen LogP contribution in [0.1, 0.15) is 43.9 Å². The molecule has 0 saturated heterocycles. The van der Waals surface area contributed by atoms with E-state index in [-0.39, 0.29) is 0 Å². The van der Waals surface area contributed by atoms with Crippen molar-refractivity contribution in [3.05, 3.63) is 102 Å². The SMILES string of the molecule is CCCCCCc1cc2cccc(P(=O)(Oc3ccccc3)Oc3ccccc3)c2nc1C=CC(=O)O. The van der Waals surface area contributed by atoms with Crippen molar-refractivity contribution in [2.24, 2.45) is 0 Å². The van der Waals surface area contributed by atoms with E-state index in [9.17, 15) is 14.5 Å². The molecule has 1 N–H and O–H groups in total. The number of carboxylic acids is 1. The van der Waals surface area contributed by atoms with Crippen LogP contribution in [0.15, 0.2) is 91.0 Å². The highest BCUT2D eigenvalue weighted by molar-refractivity contribution is 7.63. The van der Waals surface area contributed by atoms with Gasteiger partial charge in [0.05, 0.1) is 11.2 Å². The lowest BCUT2D eigenvalue weighted by Crippen LogP contribution is -2.17. The number of aromatic nitrogens is 1. The Labute approximate surface area is 217 Å². The standard InChI is InChI=1S/C30H30NO5P/c1-2-3-4-7-13-23-22-24-14-12-19-28(30(24)31-27(23)20-21-29(32)33)37(34,35-25-15-8-5-9-16-25)36-26-17-10-6-11-18-26/h5-6,8-12,14-22H,2-4,7,13H2,1H3,(H,32,33). The summed E-state index contributed by atoms with van der Waals surface area (Å²) in [6.07, 6.45) is 7.67. The second kappa shape index (κ2) is 12.4. The van der Waals surface area contributed by atoms with Gasteiger partial charge >= 0.3 is 13.6 Å². The molecule has 190 valence electrons. The number of pyridine rings is 1. The first-order chi connectivity index (χ1) is 18.0. The molecule has 6 nitrogen and oxygen atoms in total. The van der Waals surface area contributed by atoms with E-state index in [4.69, 9.17) is 14.0 Å². The van der Waals surface area contributed by atoms with Gasteiger partial charge < -0.3 is 14.2 Å². The summed E-state index contributed by atoms with van der Waals surface area (Å²) in [6.45, 7) is 2.16. The first-order valence-electron chi connectivity index (χ1n) is 12.4. The van der Waals surface area contributed by atoms with E-state index < -0.39 is 13.6 Å². The normalized spacial score (nSPS) is 11.6. The molecule has 0 radical (unpaired) electrons. The van der Waals surface area contributed by atoms with Crippen LogP contribution in [0.25, 0.3) is 17.0 Å². The van der Waals surface area contributed by atoms with Gasteiger partial charge in [-0.2, -0.15) is 0 Å². The van der Waals surface area contributed by atoms with E-state index >= 15 is 0 Å². The molecule has 7 heteroatoms. The van der Waals surface area contributed by atoms with Gasteiger partial charge in [0, 0.05) is 11.5 Å². The van der Waals surface area contributed by atoms with Crippen LogP contribution < -0.4 is 14.4 Å². The third-order valence-corrected chi connectivity index (χ3v) is 7.71. The Hall–Kier alpha value is -3.89. The Bertz CT molecular complexity index is 1370. The van der Waals surface area contributed by atoms with Crippen LogP contribution in [-0.2, 0) is 15.8 Å². The molecule has 0 aliphatic rings. The summed E-state index contributed by atoms with van der Waals surface area (Å²) in [7, 11) is -3.97. The molecule has 0 aliphatic carbocycles. The topological polar surface area (TPSA) is 85.7 Å². The number of hydrogen-bond donors (Lipinski definition) is 1. The first-order valence-corrected chi connectivity index (χ1v) is 14.0. The number of carbonyl (C=O) groups is 1. The number of para-hydroxylation sites is 3. The number of unbranched alkanes of at least 4 members (excludes halogenated alkanes) is 3. The molecular weight excluding hydrogens is 485 g/mol. The average Bonchev–Trinajstić information content (AvgIpc) is 2.90. The largest absolute Gasteiger partial charge is 0.478 e. The zero-order valence-corrected chi connectivity index (χ0v) is 21.6. The van der Waals surface area contributed by atoms with Gasteiger partial charge in [0.25, 0.3) is 0 Å². The van der Waals surface area contributed by atoms with Crippen LogP contribution in [0.5, 0.6) is 11.5 Å². The summed E-state index contributed by atoms with van der Waals surface area (Å²) in [5.41, 5.74) is 1.92. The molecule has 0 unspecified atom stereocenters. The fourth-order valence-corrected chi connectivity index (χ4v) is 5.80. The second-order valence-electron chi connectivity index (χ2n) is 8.67. The predicted molar refractivity (Wildman–Crippen MR) is 148 cm³/mol. The van der Waals surface area contributed by atoms with Crippen LogP contribution in [0.2, 0.25) is 0 Å². The van der Waals surface area contributed by atoms with Gasteiger partial charge in [-0.05, 0) is 60.9 Å². The molecule has 1 aromatic heterocycles. The van der Waals surface area contributed by atoms with Gasteiger partial charge in [0.15, 0.2) is 0 Å². The second-order valence-corrected chi connectivity index (χ2v) is 10.5. The number of fused-ring (bicyclic) bond motifs is 1. The number of rotatable bonds is 12. The summed E-state index contributed by atoms with van der Waals surface area (Å²) in [4.78, 5) is 16.1. The number of hydrogen-bond acceptors (Lipinski definition) is 5. The zero-order valence-electron chi connectivity index (χ0n) is 20.7. The first kappa shape index (κ1) is 26.2. The fourth-order valence-electron chi connectivity index (χ4n) is 4.06. The van der Waals surface area contributed by atoms with E-state index in [1.165, 1.54) is 6.08 Å². The minimum Gasteiger partial charge on any atom is -0.478 e. The highest BCUT2D eigenvalue weighted by Gasteiger charge is 2.34. The summed E-state index contributed by atoms with van der Waals surface area (Å²) >= 11 is 0. The van der Waals surface area contributed by atoms with E-state index in [1.54, 1.807) is 54.6 Å². The molecule has 4 aromatic rings. The Balaban J connectivity index is 1.84. The fraction of sp³-hybridized carbons (Fsp3) is 0.200. The van der Waals surface area contributed by atoms with Gasteiger partial charge in [-0.25, -0.2) is 14.3 Å². The molecule has 3 aromatic carbocycles. The van der Waals surface area contributed by atoms with Crippen LogP contribution >= 0.6 is 7.60 Å². The molecule has 1 heterocycles. The van der Waals surface area contributed by atoms with Crippen molar-refractivity contribution < 1.29 is 23.5 Å². The Morgan fingerprint density at radius 3 is 2.14 bits per heavy atom. The lowest BCUT2D eigenvalue weighted by Gasteiger charge is -2.21. The lowest BCUT2D eigenvalue weighted by atomic mass is 10.0. The summed E-state index contributed by atoms with van der Waals surface area (Å²) < 4.78 is 26.6. The highest BCUT2D eigenvalue weighted by Crippen LogP contribution is 2.49. The quantitative estimate of drug-likeness (QED) is 0.120.